The van der Waals surface area contributed by atoms with Gasteiger partial charge in [0.05, 0.1) is 12.5 Å². The van der Waals surface area contributed by atoms with Gasteiger partial charge in [0.2, 0.25) is 11.7 Å². The standard InChI is InChI=1S/C20H25ClF3N5O/c1-2-25-19(27-16-9-5-14(6-10-16)20(22,23)24)26-12-11-17-28-18(29-30-17)13-3-7-15(21)8-4-13/h3-4,7-8,14,16H,2,5-6,9-12H2,1H3,(H2,25,26,27). The van der Waals surface area contributed by atoms with Crippen LogP contribution in [-0.2, 0) is 6.42 Å². The summed E-state index contributed by atoms with van der Waals surface area (Å²) in [6.45, 7) is 3.01. The molecule has 1 fully saturated rings. The van der Waals surface area contributed by atoms with Crippen LogP contribution in [-0.4, -0.2) is 41.4 Å². The summed E-state index contributed by atoms with van der Waals surface area (Å²) in [5.41, 5.74) is 0.808. The van der Waals surface area contributed by atoms with Crippen molar-refractivity contribution in [1.29, 1.82) is 0 Å². The lowest BCUT2D eigenvalue weighted by atomic mass is 9.85. The van der Waals surface area contributed by atoms with Gasteiger partial charge in [-0.2, -0.15) is 18.2 Å². The number of nitrogens with zero attached hydrogens (tertiary/aromatic N) is 3. The van der Waals surface area contributed by atoms with Crippen molar-refractivity contribution < 1.29 is 17.7 Å². The first kappa shape index (κ1) is 22.4. The number of aliphatic imine (C=N–C) groups is 1. The molecule has 2 N–H and O–H groups in total. The van der Waals surface area contributed by atoms with E-state index in [0.29, 0.717) is 55.0 Å². The zero-order valence-electron chi connectivity index (χ0n) is 16.7. The van der Waals surface area contributed by atoms with Crippen LogP contribution in [0.15, 0.2) is 33.8 Å². The molecule has 0 atom stereocenters. The van der Waals surface area contributed by atoms with E-state index in [9.17, 15) is 13.2 Å². The summed E-state index contributed by atoms with van der Waals surface area (Å²) >= 11 is 5.88. The van der Waals surface area contributed by atoms with Crippen molar-refractivity contribution in [1.82, 2.24) is 20.8 Å². The molecule has 1 aromatic heterocycles. The van der Waals surface area contributed by atoms with Crippen LogP contribution in [0.4, 0.5) is 13.2 Å². The highest BCUT2D eigenvalue weighted by Gasteiger charge is 2.41. The fourth-order valence-electron chi connectivity index (χ4n) is 3.41. The molecule has 1 aliphatic rings. The third-order valence-electron chi connectivity index (χ3n) is 5.04. The van der Waals surface area contributed by atoms with Crippen LogP contribution in [0.25, 0.3) is 11.4 Å². The first-order valence-corrected chi connectivity index (χ1v) is 10.4. The van der Waals surface area contributed by atoms with Crippen LogP contribution in [0.5, 0.6) is 0 Å². The summed E-state index contributed by atoms with van der Waals surface area (Å²) in [7, 11) is 0. The zero-order valence-corrected chi connectivity index (χ0v) is 17.4. The van der Waals surface area contributed by atoms with Crippen molar-refractivity contribution in [3.05, 3.63) is 35.2 Å². The van der Waals surface area contributed by atoms with Crippen LogP contribution in [0.2, 0.25) is 5.02 Å². The fourth-order valence-corrected chi connectivity index (χ4v) is 3.54. The van der Waals surface area contributed by atoms with E-state index in [0.717, 1.165) is 5.56 Å². The van der Waals surface area contributed by atoms with Gasteiger partial charge in [0.1, 0.15) is 0 Å². The molecule has 1 aromatic carbocycles. The minimum atomic E-state index is -4.10. The Bertz CT molecular complexity index is 830. The van der Waals surface area contributed by atoms with Crippen LogP contribution in [0.1, 0.15) is 38.5 Å². The maximum atomic E-state index is 12.8. The second kappa shape index (κ2) is 10.1. The monoisotopic (exact) mass is 443 g/mol. The minimum Gasteiger partial charge on any atom is -0.357 e. The van der Waals surface area contributed by atoms with E-state index in [2.05, 4.69) is 25.8 Å². The van der Waals surface area contributed by atoms with Crippen molar-refractivity contribution in [2.45, 2.75) is 51.2 Å². The van der Waals surface area contributed by atoms with E-state index in [1.807, 2.05) is 19.1 Å². The van der Waals surface area contributed by atoms with E-state index in [1.54, 1.807) is 12.1 Å². The maximum Gasteiger partial charge on any atom is 0.391 e. The van der Waals surface area contributed by atoms with Gasteiger partial charge in [-0.15, -0.1) is 0 Å². The van der Waals surface area contributed by atoms with Crippen molar-refractivity contribution in [2.75, 3.05) is 13.1 Å². The lowest BCUT2D eigenvalue weighted by Gasteiger charge is -2.31. The maximum absolute atomic E-state index is 12.8. The van der Waals surface area contributed by atoms with Crippen LogP contribution >= 0.6 is 11.6 Å². The molecule has 0 bridgehead atoms. The predicted molar refractivity (Wildman–Crippen MR) is 109 cm³/mol. The normalized spacial score (nSPS) is 20.2. The summed E-state index contributed by atoms with van der Waals surface area (Å²) in [6, 6.07) is 7.13. The summed E-state index contributed by atoms with van der Waals surface area (Å²) < 4.78 is 43.7. The number of halogens is 4. The lowest BCUT2D eigenvalue weighted by Crippen LogP contribution is -2.46. The summed E-state index contributed by atoms with van der Waals surface area (Å²) in [5.74, 6) is 0.343. The molecule has 2 aromatic rings. The molecule has 3 rings (SSSR count). The topological polar surface area (TPSA) is 75.3 Å². The molecule has 1 aliphatic carbocycles. The fraction of sp³-hybridized carbons (Fsp3) is 0.550. The quantitative estimate of drug-likeness (QED) is 0.503. The number of benzene rings is 1. The number of hydrogen-bond donors (Lipinski definition) is 2. The predicted octanol–water partition coefficient (Wildman–Crippen LogP) is 4.61. The number of alkyl halides is 3. The molecule has 1 heterocycles. The van der Waals surface area contributed by atoms with Crippen molar-refractivity contribution >= 4 is 17.6 Å². The Hall–Kier alpha value is -2.29. The van der Waals surface area contributed by atoms with E-state index in [-0.39, 0.29) is 18.9 Å². The molecular formula is C20H25ClF3N5O. The molecule has 10 heteroatoms. The number of rotatable bonds is 6. The second-order valence-electron chi connectivity index (χ2n) is 7.26. The smallest absolute Gasteiger partial charge is 0.357 e. The average Bonchev–Trinajstić information content (AvgIpc) is 3.17. The number of nitrogens with one attached hydrogen (secondary N) is 2. The van der Waals surface area contributed by atoms with E-state index < -0.39 is 12.1 Å². The van der Waals surface area contributed by atoms with Gasteiger partial charge in [-0.25, -0.2) is 0 Å². The van der Waals surface area contributed by atoms with Gasteiger partial charge in [0, 0.05) is 29.6 Å². The molecule has 0 amide bonds. The highest BCUT2D eigenvalue weighted by Crippen LogP contribution is 2.37. The zero-order chi connectivity index (χ0) is 21.6. The number of aromatic nitrogens is 2. The van der Waals surface area contributed by atoms with E-state index in [1.165, 1.54) is 0 Å². The van der Waals surface area contributed by atoms with E-state index in [4.69, 9.17) is 16.1 Å². The van der Waals surface area contributed by atoms with Gasteiger partial charge in [-0.1, -0.05) is 16.8 Å². The SMILES string of the molecule is CCNC(=NCCc1nc(-c2ccc(Cl)cc2)no1)NC1CCC(C(F)(F)F)CC1. The average molecular weight is 444 g/mol. The van der Waals surface area contributed by atoms with Crippen LogP contribution in [0.3, 0.4) is 0 Å². The lowest BCUT2D eigenvalue weighted by molar-refractivity contribution is -0.182. The first-order valence-electron chi connectivity index (χ1n) is 10.0. The van der Waals surface area contributed by atoms with Gasteiger partial charge in [0.15, 0.2) is 5.96 Å². The molecule has 0 saturated heterocycles. The molecule has 164 valence electrons. The third-order valence-corrected chi connectivity index (χ3v) is 5.29. The minimum absolute atomic E-state index is 0.0127. The van der Waals surface area contributed by atoms with Gasteiger partial charge in [0.25, 0.3) is 0 Å². The Morgan fingerprint density at radius 1 is 1.20 bits per heavy atom. The Morgan fingerprint density at radius 3 is 2.53 bits per heavy atom. The largest absolute Gasteiger partial charge is 0.391 e. The van der Waals surface area contributed by atoms with Crippen LogP contribution < -0.4 is 10.6 Å². The summed E-state index contributed by atoms with van der Waals surface area (Å²) in [5, 5.41) is 11.0. The van der Waals surface area contributed by atoms with Crippen molar-refractivity contribution in [3.63, 3.8) is 0 Å². The van der Waals surface area contributed by atoms with Gasteiger partial charge in [-0.05, 0) is 56.9 Å². The molecule has 30 heavy (non-hydrogen) atoms. The Kier molecular flexibility index (Phi) is 7.58. The first-order chi connectivity index (χ1) is 14.3. The molecule has 0 aliphatic heterocycles. The van der Waals surface area contributed by atoms with Gasteiger partial charge < -0.3 is 15.2 Å². The second-order valence-corrected chi connectivity index (χ2v) is 7.70. The summed E-state index contributed by atoms with van der Waals surface area (Å²) in [6.07, 6.45) is -2.39. The summed E-state index contributed by atoms with van der Waals surface area (Å²) in [4.78, 5) is 8.85. The number of guanidine groups is 1. The Labute approximate surface area is 178 Å². The van der Waals surface area contributed by atoms with Gasteiger partial charge >= 0.3 is 6.18 Å². The molecule has 0 radical (unpaired) electrons. The molecular weight excluding hydrogens is 419 g/mol. The number of hydrogen-bond acceptors (Lipinski definition) is 4. The Morgan fingerprint density at radius 2 is 1.90 bits per heavy atom. The Balaban J connectivity index is 1.51. The molecule has 0 spiro atoms. The molecule has 0 unspecified atom stereocenters. The molecule has 1 saturated carbocycles. The van der Waals surface area contributed by atoms with Gasteiger partial charge in [-0.3, -0.25) is 4.99 Å². The van der Waals surface area contributed by atoms with Crippen molar-refractivity contribution in [2.24, 2.45) is 10.9 Å². The highest BCUT2D eigenvalue weighted by atomic mass is 35.5. The molecule has 6 nitrogen and oxygen atoms in total. The van der Waals surface area contributed by atoms with Crippen molar-refractivity contribution in [3.8, 4) is 11.4 Å². The third kappa shape index (κ3) is 6.35. The van der Waals surface area contributed by atoms with Crippen LogP contribution in [0, 0.1) is 5.92 Å². The van der Waals surface area contributed by atoms with E-state index >= 15 is 0 Å². The highest BCUT2D eigenvalue weighted by molar-refractivity contribution is 6.30.